The Labute approximate surface area is 97.4 Å². The largest absolute Gasteiger partial charge is 0.383 e. The van der Waals surface area contributed by atoms with E-state index in [1.165, 1.54) is 5.56 Å². The average molecular weight is 269 g/mol. The van der Waals surface area contributed by atoms with Gasteiger partial charge in [-0.25, -0.2) is 0 Å². The van der Waals surface area contributed by atoms with Gasteiger partial charge < -0.3 is 10.6 Å². The fourth-order valence-electron chi connectivity index (χ4n) is 1.73. The molecule has 1 heterocycles. The number of nitrogens with one attached hydrogen (secondary N) is 2. The smallest absolute Gasteiger partial charge is 0.224 e. The molecule has 1 aromatic rings. The third-order valence-corrected chi connectivity index (χ3v) is 2.93. The molecule has 1 aliphatic rings. The number of benzene rings is 1. The van der Waals surface area contributed by atoms with Gasteiger partial charge in [0, 0.05) is 17.4 Å². The molecule has 0 atom stereocenters. The Kier molecular flexibility index (Phi) is 2.95. The Morgan fingerprint density at radius 1 is 1.60 bits per heavy atom. The average Bonchev–Trinajstić information content (AvgIpc) is 2.65. The first kappa shape index (κ1) is 10.5. The standard InChI is InChI=1S/C11H13BrN2O/c1-2-10(15)14-9-6-8(12)5-7-3-4-13-11(7)9/h5-6,13H,2-4H2,1H3,(H,14,15). The predicted octanol–water partition coefficient (Wildman–Crippen LogP) is 2.77. The Hall–Kier alpha value is -1.03. The van der Waals surface area contributed by atoms with Crippen molar-refractivity contribution in [1.29, 1.82) is 0 Å². The number of fused-ring (bicyclic) bond motifs is 1. The topological polar surface area (TPSA) is 41.1 Å². The fraction of sp³-hybridized carbons (Fsp3) is 0.364. The number of anilines is 2. The summed E-state index contributed by atoms with van der Waals surface area (Å²) in [5, 5.41) is 6.19. The number of rotatable bonds is 2. The van der Waals surface area contributed by atoms with E-state index in [2.05, 4.69) is 32.6 Å². The van der Waals surface area contributed by atoms with E-state index in [1.807, 2.05) is 13.0 Å². The van der Waals surface area contributed by atoms with Crippen molar-refractivity contribution in [2.45, 2.75) is 19.8 Å². The first-order valence-corrected chi connectivity index (χ1v) is 5.86. The summed E-state index contributed by atoms with van der Waals surface area (Å²) >= 11 is 3.45. The summed E-state index contributed by atoms with van der Waals surface area (Å²) in [6.45, 7) is 2.79. The van der Waals surface area contributed by atoms with Crippen LogP contribution in [0.5, 0.6) is 0 Å². The summed E-state index contributed by atoms with van der Waals surface area (Å²) in [5.74, 6) is 0.0454. The lowest BCUT2D eigenvalue weighted by Gasteiger charge is -2.10. The second kappa shape index (κ2) is 4.23. The van der Waals surface area contributed by atoms with Gasteiger partial charge in [-0.2, -0.15) is 0 Å². The Morgan fingerprint density at radius 3 is 3.13 bits per heavy atom. The number of hydrogen-bond acceptors (Lipinski definition) is 2. The summed E-state index contributed by atoms with van der Waals surface area (Å²) in [6.07, 6.45) is 1.52. The summed E-state index contributed by atoms with van der Waals surface area (Å²) in [4.78, 5) is 11.3. The van der Waals surface area contributed by atoms with Crippen molar-refractivity contribution in [1.82, 2.24) is 0 Å². The Balaban J connectivity index is 2.34. The van der Waals surface area contributed by atoms with Crippen LogP contribution in [0.1, 0.15) is 18.9 Å². The first-order chi connectivity index (χ1) is 7.20. The van der Waals surface area contributed by atoms with Crippen molar-refractivity contribution < 1.29 is 4.79 Å². The quantitative estimate of drug-likeness (QED) is 0.866. The molecule has 1 amide bonds. The molecule has 0 unspecified atom stereocenters. The molecule has 0 fully saturated rings. The lowest BCUT2D eigenvalue weighted by Crippen LogP contribution is -2.11. The zero-order chi connectivity index (χ0) is 10.8. The highest BCUT2D eigenvalue weighted by atomic mass is 79.9. The van der Waals surface area contributed by atoms with E-state index in [4.69, 9.17) is 0 Å². The van der Waals surface area contributed by atoms with Crippen LogP contribution in [-0.4, -0.2) is 12.5 Å². The first-order valence-electron chi connectivity index (χ1n) is 5.07. The molecular weight excluding hydrogens is 256 g/mol. The highest BCUT2D eigenvalue weighted by Gasteiger charge is 2.16. The van der Waals surface area contributed by atoms with Crippen LogP contribution in [0.4, 0.5) is 11.4 Å². The minimum atomic E-state index is 0.0454. The highest BCUT2D eigenvalue weighted by Crippen LogP contribution is 2.34. The van der Waals surface area contributed by atoms with Crippen LogP contribution in [0.2, 0.25) is 0 Å². The van der Waals surface area contributed by atoms with E-state index in [9.17, 15) is 4.79 Å². The minimum absolute atomic E-state index is 0.0454. The van der Waals surface area contributed by atoms with Crippen LogP contribution in [0.3, 0.4) is 0 Å². The van der Waals surface area contributed by atoms with Gasteiger partial charge in [-0.1, -0.05) is 22.9 Å². The number of carbonyl (C=O) groups is 1. The molecule has 15 heavy (non-hydrogen) atoms. The second-order valence-corrected chi connectivity index (χ2v) is 4.48. The maximum absolute atomic E-state index is 11.3. The van der Waals surface area contributed by atoms with Gasteiger partial charge in [-0.15, -0.1) is 0 Å². The SMILES string of the molecule is CCC(=O)Nc1cc(Br)cc2c1NCC2. The molecule has 0 aromatic heterocycles. The van der Waals surface area contributed by atoms with Crippen LogP contribution in [0.15, 0.2) is 16.6 Å². The molecule has 0 aliphatic carbocycles. The molecule has 0 spiro atoms. The van der Waals surface area contributed by atoms with Gasteiger partial charge in [0.2, 0.25) is 5.91 Å². The Bertz CT molecular complexity index is 404. The maximum Gasteiger partial charge on any atom is 0.224 e. The molecule has 2 rings (SSSR count). The predicted molar refractivity (Wildman–Crippen MR) is 65.3 cm³/mol. The van der Waals surface area contributed by atoms with E-state index in [0.29, 0.717) is 6.42 Å². The van der Waals surface area contributed by atoms with Crippen LogP contribution in [0, 0.1) is 0 Å². The van der Waals surface area contributed by atoms with E-state index in [0.717, 1.165) is 28.8 Å². The molecule has 0 radical (unpaired) electrons. The number of halogens is 1. The van der Waals surface area contributed by atoms with Crippen LogP contribution in [-0.2, 0) is 11.2 Å². The monoisotopic (exact) mass is 268 g/mol. The van der Waals surface area contributed by atoms with Crippen molar-refractivity contribution >= 4 is 33.2 Å². The van der Waals surface area contributed by atoms with Gasteiger partial charge in [-0.05, 0) is 24.1 Å². The summed E-state index contributed by atoms with van der Waals surface area (Å²) in [5.41, 5.74) is 3.21. The number of amides is 1. The van der Waals surface area contributed by atoms with Gasteiger partial charge in [0.05, 0.1) is 11.4 Å². The normalized spacial score (nSPS) is 13.2. The van der Waals surface area contributed by atoms with Crippen molar-refractivity contribution in [2.75, 3.05) is 17.2 Å². The summed E-state index contributed by atoms with van der Waals surface area (Å²) in [7, 11) is 0. The number of hydrogen-bond donors (Lipinski definition) is 2. The molecule has 3 nitrogen and oxygen atoms in total. The van der Waals surface area contributed by atoms with Crippen molar-refractivity contribution in [2.24, 2.45) is 0 Å². The van der Waals surface area contributed by atoms with E-state index in [1.54, 1.807) is 0 Å². The van der Waals surface area contributed by atoms with E-state index < -0.39 is 0 Å². The zero-order valence-electron chi connectivity index (χ0n) is 8.56. The molecule has 0 saturated heterocycles. The van der Waals surface area contributed by atoms with E-state index >= 15 is 0 Å². The van der Waals surface area contributed by atoms with Gasteiger partial charge >= 0.3 is 0 Å². The van der Waals surface area contributed by atoms with Gasteiger partial charge in [0.25, 0.3) is 0 Å². The van der Waals surface area contributed by atoms with Crippen molar-refractivity contribution in [3.05, 3.63) is 22.2 Å². The minimum Gasteiger partial charge on any atom is -0.383 e. The third-order valence-electron chi connectivity index (χ3n) is 2.48. The molecule has 1 aromatic carbocycles. The van der Waals surface area contributed by atoms with E-state index in [-0.39, 0.29) is 5.91 Å². The Morgan fingerprint density at radius 2 is 2.40 bits per heavy atom. The molecule has 1 aliphatic heterocycles. The molecule has 2 N–H and O–H groups in total. The van der Waals surface area contributed by atoms with Crippen LogP contribution < -0.4 is 10.6 Å². The highest BCUT2D eigenvalue weighted by molar-refractivity contribution is 9.10. The summed E-state index contributed by atoms with van der Waals surface area (Å²) < 4.78 is 1.01. The molecule has 0 bridgehead atoms. The lowest BCUT2D eigenvalue weighted by molar-refractivity contribution is -0.115. The van der Waals surface area contributed by atoms with Crippen LogP contribution >= 0.6 is 15.9 Å². The number of carbonyl (C=O) groups excluding carboxylic acids is 1. The molecular formula is C11H13BrN2O. The molecule has 0 saturated carbocycles. The van der Waals surface area contributed by atoms with Gasteiger partial charge in [0.15, 0.2) is 0 Å². The maximum atomic E-state index is 11.3. The molecule has 4 heteroatoms. The fourth-order valence-corrected chi connectivity index (χ4v) is 2.23. The molecule has 80 valence electrons. The van der Waals surface area contributed by atoms with Crippen LogP contribution in [0.25, 0.3) is 0 Å². The van der Waals surface area contributed by atoms with Crippen molar-refractivity contribution in [3.8, 4) is 0 Å². The van der Waals surface area contributed by atoms with Crippen molar-refractivity contribution in [3.63, 3.8) is 0 Å². The second-order valence-electron chi connectivity index (χ2n) is 3.57. The lowest BCUT2D eigenvalue weighted by atomic mass is 10.1. The summed E-state index contributed by atoms with van der Waals surface area (Å²) in [6, 6.07) is 4.03. The zero-order valence-corrected chi connectivity index (χ0v) is 10.1. The third kappa shape index (κ3) is 2.15. The van der Waals surface area contributed by atoms with Gasteiger partial charge in [0.1, 0.15) is 0 Å². The van der Waals surface area contributed by atoms with Gasteiger partial charge in [-0.3, -0.25) is 4.79 Å².